The van der Waals surface area contributed by atoms with Crippen molar-refractivity contribution >= 4 is 23.8 Å². The lowest BCUT2D eigenvalue weighted by atomic mass is 9.93. The summed E-state index contributed by atoms with van der Waals surface area (Å²) in [7, 11) is 0. The highest BCUT2D eigenvalue weighted by atomic mass is 16.4. The second kappa shape index (κ2) is 6.57. The summed E-state index contributed by atoms with van der Waals surface area (Å²) in [4.78, 5) is 44.7. The van der Waals surface area contributed by atoms with Crippen LogP contribution in [-0.2, 0) is 14.4 Å². The molecule has 6 N–H and O–H groups in total. The molecule has 0 unspecified atom stereocenters. The van der Waals surface area contributed by atoms with Gasteiger partial charge in [-0.3, -0.25) is 14.4 Å². The van der Waals surface area contributed by atoms with Crippen LogP contribution in [0.2, 0.25) is 0 Å². The first-order chi connectivity index (χ1) is 8.56. The van der Waals surface area contributed by atoms with Crippen molar-refractivity contribution in [1.29, 1.82) is 0 Å². The van der Waals surface area contributed by atoms with Crippen LogP contribution in [0.4, 0.5) is 4.79 Å². The maximum atomic E-state index is 11.7. The van der Waals surface area contributed by atoms with Crippen LogP contribution in [-0.4, -0.2) is 53.5 Å². The van der Waals surface area contributed by atoms with E-state index in [2.05, 4.69) is 5.32 Å². The molecule has 0 bridgehead atoms. The number of carboxylic acid groups (broad SMARTS) is 1. The van der Waals surface area contributed by atoms with E-state index in [9.17, 15) is 19.2 Å². The van der Waals surface area contributed by atoms with Gasteiger partial charge in [0.05, 0.1) is 5.41 Å². The second-order valence-corrected chi connectivity index (χ2v) is 4.62. The topological polar surface area (TPSA) is 156 Å². The summed E-state index contributed by atoms with van der Waals surface area (Å²) in [6.45, 7) is 1.74. The molecule has 9 heteroatoms. The zero-order chi connectivity index (χ0) is 15.2. The van der Waals surface area contributed by atoms with Crippen molar-refractivity contribution in [3.8, 4) is 0 Å². The van der Waals surface area contributed by atoms with E-state index >= 15 is 0 Å². The second-order valence-electron chi connectivity index (χ2n) is 4.62. The molecule has 0 aromatic carbocycles. The van der Waals surface area contributed by atoms with Gasteiger partial charge in [-0.05, 0) is 13.8 Å². The highest BCUT2D eigenvalue weighted by Gasteiger charge is 2.27. The molecule has 0 aromatic heterocycles. The number of nitrogens with zero attached hydrogens (tertiary/aromatic N) is 1. The van der Waals surface area contributed by atoms with Crippen LogP contribution in [0.25, 0.3) is 0 Å². The number of rotatable bonds is 7. The Morgan fingerprint density at radius 1 is 1.16 bits per heavy atom. The quantitative estimate of drug-likeness (QED) is 0.425. The van der Waals surface area contributed by atoms with E-state index in [1.165, 1.54) is 13.8 Å². The van der Waals surface area contributed by atoms with Gasteiger partial charge in [0.1, 0.15) is 13.1 Å². The molecule has 0 fully saturated rings. The highest BCUT2D eigenvalue weighted by molar-refractivity contribution is 5.86. The fraction of sp³-hybridized carbons (Fsp3) is 0.600. The number of carboxylic acids is 1. The van der Waals surface area contributed by atoms with Crippen molar-refractivity contribution in [2.75, 3.05) is 19.6 Å². The largest absolute Gasteiger partial charge is 0.480 e. The molecule has 0 aliphatic rings. The van der Waals surface area contributed by atoms with E-state index in [-0.39, 0.29) is 6.54 Å². The van der Waals surface area contributed by atoms with Crippen LogP contribution in [0.5, 0.6) is 0 Å². The van der Waals surface area contributed by atoms with Crippen molar-refractivity contribution < 1.29 is 24.3 Å². The molecule has 108 valence electrons. The van der Waals surface area contributed by atoms with Crippen LogP contribution in [0.15, 0.2) is 0 Å². The van der Waals surface area contributed by atoms with Crippen molar-refractivity contribution in [3.05, 3.63) is 0 Å². The first-order valence-corrected chi connectivity index (χ1v) is 5.39. The number of primary amides is 2. The predicted octanol–water partition coefficient (Wildman–Crippen LogP) is -1.92. The van der Waals surface area contributed by atoms with Crippen molar-refractivity contribution in [2.24, 2.45) is 16.9 Å². The summed E-state index contributed by atoms with van der Waals surface area (Å²) in [5, 5.41) is 10.9. The summed E-state index contributed by atoms with van der Waals surface area (Å²) in [5.41, 5.74) is 9.04. The van der Waals surface area contributed by atoms with Crippen LogP contribution in [0.1, 0.15) is 13.8 Å². The van der Waals surface area contributed by atoms with Gasteiger partial charge in [0, 0.05) is 6.54 Å². The zero-order valence-electron chi connectivity index (χ0n) is 10.8. The van der Waals surface area contributed by atoms with Gasteiger partial charge in [-0.1, -0.05) is 0 Å². The van der Waals surface area contributed by atoms with Gasteiger partial charge in [-0.25, -0.2) is 4.79 Å². The first-order valence-electron chi connectivity index (χ1n) is 5.39. The molecule has 0 aliphatic heterocycles. The Labute approximate surface area is 109 Å². The minimum Gasteiger partial charge on any atom is -0.480 e. The first kappa shape index (κ1) is 16.7. The molecule has 19 heavy (non-hydrogen) atoms. The van der Waals surface area contributed by atoms with Gasteiger partial charge in [0.15, 0.2) is 0 Å². The summed E-state index contributed by atoms with van der Waals surface area (Å²) in [5.74, 6) is -2.75. The fourth-order valence-electron chi connectivity index (χ4n) is 1.05. The minimum atomic E-state index is -1.29. The third-order valence-electron chi connectivity index (χ3n) is 2.31. The lowest BCUT2D eigenvalue weighted by Gasteiger charge is -2.24. The Bertz CT molecular complexity index is 377. The van der Waals surface area contributed by atoms with Gasteiger partial charge in [0.25, 0.3) is 0 Å². The van der Waals surface area contributed by atoms with Crippen molar-refractivity contribution in [3.63, 3.8) is 0 Å². The molecule has 0 aliphatic carbocycles. The minimum absolute atomic E-state index is 0.0873. The molecule has 0 radical (unpaired) electrons. The normalized spacial score (nSPS) is 10.6. The Morgan fingerprint density at radius 3 is 2.05 bits per heavy atom. The number of nitrogens with two attached hydrogens (primary N) is 2. The van der Waals surface area contributed by atoms with E-state index in [1.54, 1.807) is 0 Å². The highest BCUT2D eigenvalue weighted by Crippen LogP contribution is 2.11. The number of amides is 4. The molecule has 0 saturated heterocycles. The Morgan fingerprint density at radius 2 is 1.68 bits per heavy atom. The van der Waals surface area contributed by atoms with Gasteiger partial charge in [-0.15, -0.1) is 0 Å². The number of aliphatic carboxylic acids is 1. The van der Waals surface area contributed by atoms with Gasteiger partial charge in [-0.2, -0.15) is 0 Å². The lowest BCUT2D eigenvalue weighted by molar-refractivity contribution is -0.138. The number of urea groups is 1. The number of hydrogen-bond acceptors (Lipinski definition) is 4. The summed E-state index contributed by atoms with van der Waals surface area (Å²) < 4.78 is 0. The third kappa shape index (κ3) is 6.24. The molecule has 0 saturated carbocycles. The van der Waals surface area contributed by atoms with Crippen LogP contribution in [0, 0.1) is 5.41 Å². The van der Waals surface area contributed by atoms with Crippen LogP contribution >= 0.6 is 0 Å². The van der Waals surface area contributed by atoms with E-state index in [4.69, 9.17) is 16.6 Å². The van der Waals surface area contributed by atoms with Crippen LogP contribution in [0.3, 0.4) is 0 Å². The van der Waals surface area contributed by atoms with Crippen molar-refractivity contribution in [1.82, 2.24) is 10.2 Å². The molecular formula is C10H18N4O5. The Hall–Kier alpha value is -2.32. The number of nitrogens with one attached hydrogen (secondary N) is 1. The van der Waals surface area contributed by atoms with Gasteiger partial charge >= 0.3 is 12.0 Å². The van der Waals surface area contributed by atoms with Crippen molar-refractivity contribution in [2.45, 2.75) is 13.8 Å². The molecule has 4 amide bonds. The number of carbonyl (C=O) groups is 4. The molecule has 0 aromatic rings. The van der Waals surface area contributed by atoms with Crippen LogP contribution < -0.4 is 16.8 Å². The number of carbonyl (C=O) groups excluding carboxylic acids is 3. The standard InChI is InChI=1S/C10H18N4O5/c1-10(2,8(12)18)5-13-9(19)14(3-6(11)15)4-7(16)17/h3-5H2,1-2H3,(H2,11,15)(H2,12,18)(H,13,19)(H,16,17). The Balaban J connectivity index is 4.60. The molecule has 0 spiro atoms. The maximum Gasteiger partial charge on any atom is 0.323 e. The van der Waals surface area contributed by atoms with Gasteiger partial charge in [0.2, 0.25) is 11.8 Å². The molecular weight excluding hydrogens is 256 g/mol. The SMILES string of the molecule is CC(C)(CNC(=O)N(CC(N)=O)CC(=O)O)C(N)=O. The molecule has 0 atom stereocenters. The molecule has 0 heterocycles. The average Bonchev–Trinajstić information content (AvgIpc) is 2.23. The lowest BCUT2D eigenvalue weighted by Crippen LogP contribution is -2.50. The third-order valence-corrected chi connectivity index (χ3v) is 2.31. The smallest absolute Gasteiger partial charge is 0.323 e. The van der Waals surface area contributed by atoms with E-state index < -0.39 is 42.3 Å². The van der Waals surface area contributed by atoms with E-state index in [0.29, 0.717) is 0 Å². The monoisotopic (exact) mass is 274 g/mol. The maximum absolute atomic E-state index is 11.7. The molecule has 9 nitrogen and oxygen atoms in total. The summed E-state index contributed by atoms with van der Waals surface area (Å²) in [6, 6.07) is -0.810. The summed E-state index contributed by atoms with van der Waals surface area (Å²) in [6.07, 6.45) is 0. The zero-order valence-corrected chi connectivity index (χ0v) is 10.8. The average molecular weight is 274 g/mol. The summed E-state index contributed by atoms with van der Waals surface area (Å²) >= 11 is 0. The van der Waals surface area contributed by atoms with Gasteiger partial charge < -0.3 is 26.8 Å². The molecule has 0 rings (SSSR count). The fourth-order valence-corrected chi connectivity index (χ4v) is 1.05. The Kier molecular flexibility index (Phi) is 5.77. The van der Waals surface area contributed by atoms with E-state index in [1.807, 2.05) is 0 Å². The van der Waals surface area contributed by atoms with E-state index in [0.717, 1.165) is 4.90 Å². The predicted molar refractivity (Wildman–Crippen MR) is 64.8 cm³/mol. The number of hydrogen-bond donors (Lipinski definition) is 4.